The number of aliphatic carboxylic acids is 1. The van der Waals surface area contributed by atoms with Gasteiger partial charge in [0.2, 0.25) is 11.8 Å². The number of aliphatic imine (C=N–C) groups is 1. The van der Waals surface area contributed by atoms with Gasteiger partial charge in [0.25, 0.3) is 11.9 Å². The van der Waals surface area contributed by atoms with Gasteiger partial charge in [0.1, 0.15) is 30.2 Å². The molecule has 6 rings (SSSR count). The van der Waals surface area contributed by atoms with Crippen molar-refractivity contribution in [1.29, 1.82) is 5.41 Å². The second-order valence-electron chi connectivity index (χ2n) is 19.1. The van der Waals surface area contributed by atoms with E-state index in [0.717, 1.165) is 115 Å². The number of fused-ring (bicyclic) bond motifs is 1. The number of amides is 3. The fourth-order valence-corrected chi connectivity index (χ4v) is 8.83. The summed E-state index contributed by atoms with van der Waals surface area (Å²) in [6.45, 7) is 7.94. The number of anilines is 2. The minimum Gasteiger partial charge on any atom is -0.494 e. The predicted molar refractivity (Wildman–Crippen MR) is 308 cm³/mol. The van der Waals surface area contributed by atoms with E-state index in [0.29, 0.717) is 79.7 Å². The van der Waals surface area contributed by atoms with Crippen LogP contribution in [0.1, 0.15) is 121 Å². The number of nitrogens with two attached hydrogens (primary N) is 1. The third kappa shape index (κ3) is 23.5. The lowest BCUT2D eigenvalue weighted by atomic mass is 9.86. The van der Waals surface area contributed by atoms with Crippen molar-refractivity contribution in [3.63, 3.8) is 0 Å². The second-order valence-corrected chi connectivity index (χ2v) is 19.1. The van der Waals surface area contributed by atoms with Crippen molar-refractivity contribution in [1.82, 2.24) is 25.8 Å². The lowest BCUT2D eigenvalue weighted by molar-refractivity contribution is -0.134. The van der Waals surface area contributed by atoms with Crippen LogP contribution in [0, 0.1) is 5.41 Å². The van der Waals surface area contributed by atoms with Gasteiger partial charge in [0.15, 0.2) is 5.84 Å². The molecular weight excluding hydrogens is 1020 g/mol. The Hall–Kier alpha value is -7.43. The van der Waals surface area contributed by atoms with Crippen molar-refractivity contribution in [2.75, 3.05) is 84.1 Å². The summed E-state index contributed by atoms with van der Waals surface area (Å²) in [6, 6.07) is 23.4. The SMILES string of the molecule is CC(=O)O.CNCc1cccc(OCCCCCCOCCOCCOCCCCCC(=O)Nc2cccc3c2CN(C(CCC=O)C(=O)NC)C3=O)c1.N=C(N=C(N)C1(Nc2cccc(C=O)c2)CCNCC1)c1ccncc1. The number of likely N-dealkylation sites (N-methyl/N-ethyl adjacent to an activating group) is 1. The van der Waals surface area contributed by atoms with Crippen LogP contribution < -0.4 is 37.1 Å². The van der Waals surface area contributed by atoms with E-state index in [1.807, 2.05) is 31.3 Å². The van der Waals surface area contributed by atoms with Gasteiger partial charge in [-0.15, -0.1) is 0 Å². The lowest BCUT2D eigenvalue weighted by Crippen LogP contribution is -2.56. The highest BCUT2D eigenvalue weighted by Crippen LogP contribution is 2.32. The Morgan fingerprint density at radius 2 is 1.49 bits per heavy atom. The van der Waals surface area contributed by atoms with Crippen molar-refractivity contribution < 1.29 is 52.8 Å². The molecule has 2 aliphatic heterocycles. The molecule has 1 unspecified atom stereocenters. The van der Waals surface area contributed by atoms with Crippen LogP contribution in [0.2, 0.25) is 0 Å². The summed E-state index contributed by atoms with van der Waals surface area (Å²) in [7, 11) is 3.44. The largest absolute Gasteiger partial charge is 0.494 e. The smallest absolute Gasteiger partial charge is 0.300 e. The van der Waals surface area contributed by atoms with Crippen LogP contribution in [-0.2, 0) is 46.5 Å². The highest BCUT2D eigenvalue weighted by atomic mass is 16.5. The predicted octanol–water partition coefficient (Wildman–Crippen LogP) is 6.55. The Kier molecular flexibility index (Phi) is 30.5. The van der Waals surface area contributed by atoms with Crippen LogP contribution in [0.25, 0.3) is 0 Å². The van der Waals surface area contributed by atoms with Gasteiger partial charge in [-0.25, -0.2) is 4.99 Å². The third-order valence-electron chi connectivity index (χ3n) is 13.0. The molecule has 3 aromatic carbocycles. The number of nitrogens with zero attached hydrogens (tertiary/aromatic N) is 3. The molecule has 434 valence electrons. The zero-order chi connectivity index (χ0) is 57.8. The van der Waals surface area contributed by atoms with Gasteiger partial charge in [-0.3, -0.25) is 34.4 Å². The summed E-state index contributed by atoms with van der Waals surface area (Å²) in [5.74, 6) is -0.160. The maximum absolute atomic E-state index is 13.1. The number of piperidine rings is 1. The molecule has 0 bridgehead atoms. The van der Waals surface area contributed by atoms with E-state index in [9.17, 15) is 24.0 Å². The van der Waals surface area contributed by atoms with Crippen molar-refractivity contribution in [2.24, 2.45) is 10.7 Å². The summed E-state index contributed by atoms with van der Waals surface area (Å²) in [5, 5.41) is 31.1. The highest BCUT2D eigenvalue weighted by Gasteiger charge is 2.38. The number of ether oxygens (including phenoxy) is 4. The quantitative estimate of drug-likeness (QED) is 0.0109. The van der Waals surface area contributed by atoms with Crippen molar-refractivity contribution >= 4 is 59.3 Å². The number of rotatable bonds is 33. The van der Waals surface area contributed by atoms with Gasteiger partial charge >= 0.3 is 0 Å². The Labute approximate surface area is 470 Å². The normalized spacial score (nSPS) is 13.8. The van der Waals surface area contributed by atoms with Gasteiger partial charge in [-0.2, -0.15) is 0 Å². The molecule has 0 spiro atoms. The second kappa shape index (κ2) is 37.4. The van der Waals surface area contributed by atoms with Gasteiger partial charge in [-0.1, -0.05) is 43.2 Å². The topological polar surface area (TPSA) is 298 Å². The lowest BCUT2D eigenvalue weighted by Gasteiger charge is -2.38. The van der Waals surface area contributed by atoms with Crippen LogP contribution in [0.4, 0.5) is 11.4 Å². The van der Waals surface area contributed by atoms with E-state index in [-0.39, 0.29) is 42.9 Å². The molecule has 1 atom stereocenters. The van der Waals surface area contributed by atoms with Crippen LogP contribution in [0.5, 0.6) is 5.75 Å². The molecule has 21 heteroatoms. The first-order valence-corrected chi connectivity index (χ1v) is 27.4. The molecule has 21 nitrogen and oxygen atoms in total. The zero-order valence-corrected chi connectivity index (χ0v) is 46.6. The number of carbonyl (C=O) groups excluding carboxylic acids is 5. The van der Waals surface area contributed by atoms with E-state index in [4.69, 9.17) is 40.0 Å². The van der Waals surface area contributed by atoms with Crippen LogP contribution in [-0.4, -0.2) is 148 Å². The van der Waals surface area contributed by atoms with E-state index in [1.165, 1.54) is 17.5 Å². The van der Waals surface area contributed by atoms with Crippen molar-refractivity contribution in [3.8, 4) is 5.75 Å². The number of hydrogen-bond acceptors (Lipinski definition) is 15. The Balaban J connectivity index is 0.000000380. The van der Waals surface area contributed by atoms with Crippen LogP contribution in [0.15, 0.2) is 96.2 Å². The maximum atomic E-state index is 13.1. The number of hydrogen-bond donors (Lipinski definition) is 8. The number of pyridine rings is 1. The molecule has 9 N–H and O–H groups in total. The molecule has 4 aromatic rings. The first-order chi connectivity index (χ1) is 38.8. The summed E-state index contributed by atoms with van der Waals surface area (Å²) < 4.78 is 22.8. The van der Waals surface area contributed by atoms with Gasteiger partial charge in [0, 0.05) is 99.1 Å². The Morgan fingerprint density at radius 1 is 0.850 bits per heavy atom. The third-order valence-corrected chi connectivity index (χ3v) is 13.0. The molecule has 80 heavy (non-hydrogen) atoms. The van der Waals surface area contributed by atoms with Gasteiger partial charge in [0.05, 0.1) is 38.6 Å². The number of carboxylic acids is 1. The van der Waals surface area contributed by atoms with E-state index in [1.54, 1.807) is 54.9 Å². The van der Waals surface area contributed by atoms with E-state index < -0.39 is 17.6 Å². The minimum atomic E-state index is -0.833. The number of nitrogens with one attached hydrogen (secondary N) is 6. The molecule has 3 heterocycles. The van der Waals surface area contributed by atoms with E-state index >= 15 is 0 Å². The molecule has 1 saturated heterocycles. The number of benzene rings is 3. The van der Waals surface area contributed by atoms with Crippen LogP contribution >= 0.6 is 0 Å². The summed E-state index contributed by atoms with van der Waals surface area (Å²) >= 11 is 0. The number of aldehydes is 2. The molecule has 3 amide bonds. The van der Waals surface area contributed by atoms with Crippen molar-refractivity contribution in [3.05, 3.63) is 119 Å². The molecular formula is C59H82N10O11. The van der Waals surface area contributed by atoms with Crippen LogP contribution in [0.3, 0.4) is 0 Å². The standard InChI is InChI=1S/C38H56N4O8.C19H22N6O.C2H4O2/c1-39-28-30-13-10-14-31(27-30)50-22-9-4-3-7-20-47-23-25-49-26-24-48-21-8-5-6-18-36(44)41-34-16-11-15-32-33(34)29-42(38(32)46)35(17-12-19-43)37(45)40-2;20-17(15-4-8-22-9-5-15)24-18(21)19(6-10-23-11-7-19)25-16-3-1-2-14(12-16)13-26;1-2(3)4/h10-11,13-16,19,27,35,39H,3-9,12,17-18,20-26,28-29H2,1-2H3,(H,40,45)(H,41,44);1-5,8-9,12-13,23,25H,6-7,10-11H2,(H3,20,21,24);1H3,(H,3,4). The Bertz CT molecular complexity index is 2570. The first kappa shape index (κ1) is 65.1. The van der Waals surface area contributed by atoms with E-state index in [2.05, 4.69) is 48.7 Å². The number of aromatic nitrogens is 1. The average Bonchev–Trinajstić information content (AvgIpc) is 3.80. The molecule has 1 fully saturated rings. The number of carbonyl (C=O) groups is 6. The molecule has 0 radical (unpaired) electrons. The monoisotopic (exact) mass is 1110 g/mol. The fraction of sp³-hybridized carbons (Fsp3) is 0.475. The molecule has 2 aliphatic rings. The molecule has 0 saturated carbocycles. The van der Waals surface area contributed by atoms with Crippen molar-refractivity contribution in [2.45, 2.75) is 109 Å². The summed E-state index contributed by atoms with van der Waals surface area (Å²) in [5.41, 5.74) is 10.8. The average molecular weight is 1110 g/mol. The summed E-state index contributed by atoms with van der Waals surface area (Å²) in [4.78, 5) is 78.9. The Morgan fingerprint density at radius 3 is 2.14 bits per heavy atom. The maximum Gasteiger partial charge on any atom is 0.300 e. The van der Waals surface area contributed by atoms with Gasteiger partial charge < -0.3 is 66.1 Å². The number of unbranched alkanes of at least 4 members (excludes halogenated alkanes) is 5. The number of carboxylic acid groups (broad SMARTS) is 1. The molecule has 0 aliphatic carbocycles. The number of amidine groups is 2. The summed E-state index contributed by atoms with van der Waals surface area (Å²) in [6.07, 6.45) is 13.7. The molecule has 1 aromatic heterocycles. The van der Waals surface area contributed by atoms with Gasteiger partial charge in [-0.05, 0) is 126 Å². The first-order valence-electron chi connectivity index (χ1n) is 27.4. The fourth-order valence-electron chi connectivity index (χ4n) is 8.83. The highest BCUT2D eigenvalue weighted by molar-refractivity contribution is 6.08. The minimum absolute atomic E-state index is 0.103. The zero-order valence-electron chi connectivity index (χ0n) is 46.6.